The summed E-state index contributed by atoms with van der Waals surface area (Å²) in [6.07, 6.45) is 0. The van der Waals surface area contributed by atoms with Gasteiger partial charge in [-0.1, -0.05) is 0 Å². The van der Waals surface area contributed by atoms with Gasteiger partial charge in [-0.2, -0.15) is 0 Å². The van der Waals surface area contributed by atoms with E-state index in [2.05, 4.69) is 16.3 Å². The van der Waals surface area contributed by atoms with Crippen LogP contribution in [-0.4, -0.2) is 95.9 Å². The van der Waals surface area contributed by atoms with Crippen LogP contribution in [0.15, 0.2) is 0 Å². The minimum atomic E-state index is 0. The van der Waals surface area contributed by atoms with Gasteiger partial charge in [0.15, 0.2) is 0 Å². The van der Waals surface area contributed by atoms with E-state index < -0.39 is 0 Å². The van der Waals surface area contributed by atoms with E-state index in [1.807, 2.05) is 0 Å². The van der Waals surface area contributed by atoms with Gasteiger partial charge in [-0.05, 0) is 0 Å². The molecule has 0 saturated heterocycles. The van der Waals surface area contributed by atoms with Crippen molar-refractivity contribution in [2.24, 2.45) is 0 Å². The van der Waals surface area contributed by atoms with Gasteiger partial charge in [0.1, 0.15) is 0 Å². The minimum absolute atomic E-state index is 0. The van der Waals surface area contributed by atoms with E-state index in [0.717, 1.165) is 20.4 Å². The Morgan fingerprint density at radius 2 is 1.25 bits per heavy atom. The molecule has 0 unspecified atom stereocenters. The molecule has 0 aromatic heterocycles. The normalized spacial score (nSPS) is 1.12. The van der Waals surface area contributed by atoms with Gasteiger partial charge in [-0.3, -0.25) is 0 Å². The average molecular weight is 383 g/mol. The Kier molecular flexibility index (Phi) is 300. The zero-order valence-electron chi connectivity index (χ0n) is 2.79. The van der Waals surface area contributed by atoms with E-state index in [0.29, 0.717) is 0 Å². The van der Waals surface area contributed by atoms with E-state index >= 15 is 0 Å². The average Bonchev–Trinajstić information content (AvgIpc) is 1.50. The van der Waals surface area contributed by atoms with Gasteiger partial charge in [0.05, 0.1) is 0 Å². The molecule has 0 spiro atoms. The molecule has 0 amide bonds. The van der Waals surface area contributed by atoms with Crippen LogP contribution < -0.4 is 0 Å². The third-order valence-corrected chi connectivity index (χ3v) is 0. The standard InChI is InChI=1S/Ca.Fe.Mn.Na.H2O.O.Sb.Ti.6H/h;;;;1H2;;;;;;;;;/q;+1;;;;;;;;;;;;/p-1. The van der Waals surface area contributed by atoms with Crippen molar-refractivity contribution in [3.05, 3.63) is 0 Å². The van der Waals surface area contributed by atoms with Crippen LogP contribution in [0.2, 0.25) is 0 Å². The summed E-state index contributed by atoms with van der Waals surface area (Å²) in [6, 6.07) is 0. The Balaban J connectivity index is -0.00000000167. The van der Waals surface area contributed by atoms with Crippen molar-refractivity contribution in [2.45, 2.75) is 0 Å². The first-order valence-electron chi connectivity index (χ1n) is 0.362. The summed E-state index contributed by atoms with van der Waals surface area (Å²) in [5, 5.41) is 0. The van der Waals surface area contributed by atoms with E-state index in [1.165, 1.54) is 0 Å². The van der Waals surface area contributed by atoms with Crippen molar-refractivity contribution in [3.8, 4) is 0 Å². The Labute approximate surface area is 149 Å². The van der Waals surface area contributed by atoms with Crippen molar-refractivity contribution in [1.29, 1.82) is 0 Å². The second-order valence-corrected chi connectivity index (χ2v) is 0. The molecule has 0 saturated carbocycles. The Morgan fingerprint density at radius 1 is 1.25 bits per heavy atom. The molecule has 46 valence electrons. The SMILES string of the molecule is [CaH2].[Mn].[NaH].[OH][Fe].[O]=[Ti].[SbH3]. The molecule has 0 aliphatic rings. The van der Waals surface area contributed by atoms with E-state index in [1.54, 1.807) is 0 Å². The Morgan fingerprint density at radius 3 is 1.25 bits per heavy atom. The van der Waals surface area contributed by atoms with Crippen molar-refractivity contribution in [2.75, 3.05) is 0 Å². The first-order chi connectivity index (χ1) is 2.00. The van der Waals surface area contributed by atoms with Crippen LogP contribution in [-0.2, 0) is 57.1 Å². The summed E-state index contributed by atoms with van der Waals surface area (Å²) >= 11 is 3.00. The van der Waals surface area contributed by atoms with Gasteiger partial charge in [0, 0.05) is 17.1 Å². The zero-order valence-corrected chi connectivity index (χ0v) is 10.7. The third-order valence-electron chi connectivity index (χ3n) is 0. The fraction of sp³-hybridized carbons (Fsp3) is 0. The molecule has 8 heteroatoms. The van der Waals surface area contributed by atoms with Gasteiger partial charge < -0.3 is 0 Å². The van der Waals surface area contributed by atoms with Gasteiger partial charge >= 0.3 is 136 Å². The first kappa shape index (κ1) is 38.9. The van der Waals surface area contributed by atoms with Crippen LogP contribution in [0.4, 0.5) is 0 Å². The molecule has 2 nitrogen and oxygen atoms in total. The molecule has 0 aromatic carbocycles. The molecule has 0 bridgehead atoms. The fourth-order valence-corrected chi connectivity index (χ4v) is 0. The molecular weight excluding hydrogens is 375 g/mol. The first-order valence-corrected chi connectivity index (χ1v) is 1.49. The second-order valence-electron chi connectivity index (χ2n) is 0. The summed E-state index contributed by atoms with van der Waals surface area (Å²) < 4.78 is 15.0. The molecule has 0 atom stereocenters. The monoisotopic (exact) mass is 382 g/mol. The Hall–Kier alpha value is 4.59. The molecule has 1 N–H and O–H groups in total. The van der Waals surface area contributed by atoms with E-state index in [4.69, 9.17) is 7.51 Å². The maximum absolute atomic E-state index is 8.25. The maximum atomic E-state index is 8.25. The molecule has 0 heterocycles. The molecule has 0 aromatic rings. The van der Waals surface area contributed by atoms with Crippen molar-refractivity contribution in [3.63, 3.8) is 0 Å². The van der Waals surface area contributed by atoms with Gasteiger partial charge in [-0.15, -0.1) is 0 Å². The number of hydrogen-bond acceptors (Lipinski definition) is 2. The van der Waals surface area contributed by atoms with Gasteiger partial charge in [0.25, 0.3) is 0 Å². The molecule has 0 rings (SSSR count). The molecule has 1 radical (unpaired) electrons. The topological polar surface area (TPSA) is 37.3 Å². The quantitative estimate of drug-likeness (QED) is 0.443. The van der Waals surface area contributed by atoms with Crippen molar-refractivity contribution < 1.29 is 61.3 Å². The van der Waals surface area contributed by atoms with E-state index in [9.17, 15) is 0 Å². The van der Waals surface area contributed by atoms with Gasteiger partial charge in [-0.25, -0.2) is 0 Å². The van der Waals surface area contributed by atoms with Crippen LogP contribution in [0, 0.1) is 0 Å². The molecule has 0 fully saturated rings. The van der Waals surface area contributed by atoms with Crippen LogP contribution in [0.1, 0.15) is 0 Å². The second kappa shape index (κ2) is 61.7. The summed E-state index contributed by atoms with van der Waals surface area (Å²) in [7, 11) is 0. The predicted molar refractivity (Wildman–Crippen MR) is 28.5 cm³/mol. The van der Waals surface area contributed by atoms with Crippen molar-refractivity contribution >= 4 is 91.7 Å². The zero-order chi connectivity index (χ0) is 4.00. The summed E-state index contributed by atoms with van der Waals surface area (Å²) in [4.78, 5) is 0. The van der Waals surface area contributed by atoms with Gasteiger partial charge in [0.2, 0.25) is 0 Å². The predicted octanol–water partition coefficient (Wildman–Crippen LogP) is -3.43. The van der Waals surface area contributed by atoms with Crippen LogP contribution in [0.3, 0.4) is 0 Å². The third kappa shape index (κ3) is 46.2. The number of hydrogen-bond donors (Lipinski definition) is 1. The van der Waals surface area contributed by atoms with Crippen LogP contribution in [0.5, 0.6) is 0 Å². The molecular formula is H7CaFeMnNaO2SbTi. The Bertz CT molecular complexity index is 22.0. The van der Waals surface area contributed by atoms with Crippen LogP contribution in [0.25, 0.3) is 0 Å². The molecule has 0 aliphatic heterocycles. The van der Waals surface area contributed by atoms with Crippen molar-refractivity contribution in [1.82, 2.24) is 0 Å². The summed E-state index contributed by atoms with van der Waals surface area (Å²) in [6.45, 7) is 0. The fourth-order valence-electron chi connectivity index (χ4n) is 0. The summed E-state index contributed by atoms with van der Waals surface area (Å²) in [5.41, 5.74) is 0. The summed E-state index contributed by atoms with van der Waals surface area (Å²) in [5.74, 6) is 0. The molecule has 0 aliphatic carbocycles. The molecule has 8 heavy (non-hydrogen) atoms. The number of rotatable bonds is 0. The van der Waals surface area contributed by atoms with E-state index in [-0.39, 0.29) is 109 Å². The van der Waals surface area contributed by atoms with Crippen LogP contribution >= 0.6 is 0 Å².